The first-order valence-corrected chi connectivity index (χ1v) is 9.67. The zero-order chi connectivity index (χ0) is 18.8. The van der Waals surface area contributed by atoms with Gasteiger partial charge in [0.15, 0.2) is 4.96 Å². The number of carbonyl (C=O) groups excluding carboxylic acids is 1. The Morgan fingerprint density at radius 1 is 1.19 bits per heavy atom. The molecule has 1 amide bonds. The van der Waals surface area contributed by atoms with Gasteiger partial charge in [-0.25, -0.2) is 9.37 Å². The Balaban J connectivity index is 1.34. The van der Waals surface area contributed by atoms with Crippen LogP contribution in [-0.4, -0.2) is 51.3 Å². The molecule has 140 valence electrons. The van der Waals surface area contributed by atoms with E-state index in [2.05, 4.69) is 9.88 Å². The molecule has 8 heteroatoms. The number of hydrogen-bond donors (Lipinski definition) is 0. The van der Waals surface area contributed by atoms with Gasteiger partial charge in [0, 0.05) is 50.4 Å². The van der Waals surface area contributed by atoms with Crippen molar-refractivity contribution in [1.82, 2.24) is 19.2 Å². The van der Waals surface area contributed by atoms with Gasteiger partial charge in [-0.15, -0.1) is 11.3 Å². The van der Waals surface area contributed by atoms with Crippen molar-refractivity contribution in [3.05, 3.63) is 69.3 Å². The highest BCUT2D eigenvalue weighted by Gasteiger charge is 2.22. The number of fused-ring (bicyclic) bond motifs is 1. The van der Waals surface area contributed by atoms with E-state index in [1.165, 1.54) is 27.9 Å². The number of piperazine rings is 1. The first kappa shape index (κ1) is 17.8. The van der Waals surface area contributed by atoms with E-state index >= 15 is 0 Å². The molecule has 6 nitrogen and oxygen atoms in total. The van der Waals surface area contributed by atoms with E-state index in [1.54, 1.807) is 24.4 Å². The molecule has 0 bridgehead atoms. The van der Waals surface area contributed by atoms with Gasteiger partial charge in [0.25, 0.3) is 5.56 Å². The number of amides is 1. The minimum Gasteiger partial charge on any atom is -0.340 e. The normalized spacial score (nSPS) is 15.4. The third-order valence-corrected chi connectivity index (χ3v) is 5.47. The average Bonchev–Trinajstić information content (AvgIpc) is 3.11. The maximum atomic E-state index is 13.3. The van der Waals surface area contributed by atoms with Crippen LogP contribution in [0.5, 0.6) is 0 Å². The number of aromatic nitrogens is 2. The number of halogens is 1. The van der Waals surface area contributed by atoms with E-state index < -0.39 is 0 Å². The summed E-state index contributed by atoms with van der Waals surface area (Å²) in [5.74, 6) is -0.312. The molecule has 0 spiro atoms. The second kappa shape index (κ2) is 7.58. The summed E-state index contributed by atoms with van der Waals surface area (Å²) in [4.78, 5) is 33.7. The molecule has 4 rings (SSSR count). The lowest BCUT2D eigenvalue weighted by Crippen LogP contribution is -2.48. The number of benzene rings is 1. The quantitative estimate of drug-likeness (QED) is 0.686. The zero-order valence-electron chi connectivity index (χ0n) is 14.7. The number of rotatable bonds is 4. The van der Waals surface area contributed by atoms with E-state index in [1.807, 2.05) is 10.3 Å². The topological polar surface area (TPSA) is 57.9 Å². The molecule has 3 heterocycles. The Labute approximate surface area is 159 Å². The molecule has 0 atom stereocenters. The van der Waals surface area contributed by atoms with Gasteiger partial charge < -0.3 is 4.90 Å². The van der Waals surface area contributed by atoms with Gasteiger partial charge in [0.2, 0.25) is 5.91 Å². The maximum absolute atomic E-state index is 13.3. The van der Waals surface area contributed by atoms with Crippen LogP contribution in [0.25, 0.3) is 4.96 Å². The van der Waals surface area contributed by atoms with E-state index in [9.17, 15) is 14.0 Å². The minimum atomic E-state index is -0.323. The Morgan fingerprint density at radius 2 is 2.00 bits per heavy atom. The molecule has 0 saturated carbocycles. The fourth-order valence-corrected chi connectivity index (χ4v) is 4.03. The summed E-state index contributed by atoms with van der Waals surface area (Å²) in [5.41, 5.74) is 1.37. The van der Waals surface area contributed by atoms with Crippen LogP contribution in [0, 0.1) is 5.82 Å². The lowest BCUT2D eigenvalue weighted by molar-refractivity contribution is -0.132. The number of thiazole rings is 1. The second-order valence-electron chi connectivity index (χ2n) is 6.60. The molecule has 0 N–H and O–H groups in total. The van der Waals surface area contributed by atoms with E-state index in [4.69, 9.17) is 0 Å². The minimum absolute atomic E-state index is 0.0108. The molecule has 27 heavy (non-hydrogen) atoms. The SMILES string of the molecule is O=C(Cc1cccc(F)c1)N1CCN(Cc2cc(=O)n3ccsc3n2)CC1. The second-order valence-corrected chi connectivity index (χ2v) is 7.48. The summed E-state index contributed by atoms with van der Waals surface area (Å²) < 4.78 is 14.8. The predicted octanol–water partition coefficient (Wildman–Crippen LogP) is 1.78. The molecular formula is C19H19FN4O2S. The van der Waals surface area contributed by atoms with Crippen LogP contribution >= 0.6 is 11.3 Å². The number of nitrogens with zero attached hydrogens (tertiary/aromatic N) is 4. The van der Waals surface area contributed by atoms with Crippen molar-refractivity contribution >= 4 is 22.2 Å². The third-order valence-electron chi connectivity index (χ3n) is 4.71. The van der Waals surface area contributed by atoms with Gasteiger partial charge in [0.05, 0.1) is 12.1 Å². The zero-order valence-corrected chi connectivity index (χ0v) is 15.5. The fraction of sp³-hybridized carbons (Fsp3) is 0.316. The van der Waals surface area contributed by atoms with Gasteiger partial charge in [0.1, 0.15) is 5.82 Å². The van der Waals surface area contributed by atoms with Crippen molar-refractivity contribution in [2.45, 2.75) is 13.0 Å². The van der Waals surface area contributed by atoms with Crippen molar-refractivity contribution < 1.29 is 9.18 Å². The van der Waals surface area contributed by atoms with E-state index in [-0.39, 0.29) is 23.7 Å². The van der Waals surface area contributed by atoms with Crippen LogP contribution in [0.15, 0.2) is 46.7 Å². The van der Waals surface area contributed by atoms with Crippen molar-refractivity contribution in [2.24, 2.45) is 0 Å². The standard InChI is InChI=1S/C19H19FN4O2S/c20-15-3-1-2-14(10-15)11-17(25)23-6-4-22(5-7-23)13-16-12-18(26)24-8-9-27-19(24)21-16/h1-3,8-10,12H,4-7,11,13H2. The highest BCUT2D eigenvalue weighted by Crippen LogP contribution is 2.12. The van der Waals surface area contributed by atoms with Crippen molar-refractivity contribution in [2.75, 3.05) is 26.2 Å². The summed E-state index contributed by atoms with van der Waals surface area (Å²) in [7, 11) is 0. The predicted molar refractivity (Wildman–Crippen MR) is 101 cm³/mol. The van der Waals surface area contributed by atoms with Gasteiger partial charge in [-0.05, 0) is 17.7 Å². The van der Waals surface area contributed by atoms with E-state index in [0.29, 0.717) is 30.2 Å². The first-order chi connectivity index (χ1) is 13.1. The molecule has 1 aliphatic heterocycles. The van der Waals surface area contributed by atoms with Crippen molar-refractivity contribution in [3.63, 3.8) is 0 Å². The number of carbonyl (C=O) groups is 1. The Kier molecular flexibility index (Phi) is 5.00. The molecule has 3 aromatic rings. The smallest absolute Gasteiger partial charge is 0.258 e. The first-order valence-electron chi connectivity index (χ1n) is 8.79. The number of hydrogen-bond acceptors (Lipinski definition) is 5. The molecule has 1 saturated heterocycles. The summed E-state index contributed by atoms with van der Waals surface area (Å²) in [6.45, 7) is 3.28. The monoisotopic (exact) mass is 386 g/mol. The van der Waals surface area contributed by atoms with Crippen LogP contribution in [0.3, 0.4) is 0 Å². The van der Waals surface area contributed by atoms with Crippen molar-refractivity contribution in [1.29, 1.82) is 0 Å². The van der Waals surface area contributed by atoms with Crippen molar-refractivity contribution in [3.8, 4) is 0 Å². The van der Waals surface area contributed by atoms with E-state index in [0.717, 1.165) is 18.8 Å². The highest BCUT2D eigenvalue weighted by atomic mass is 32.1. The highest BCUT2D eigenvalue weighted by molar-refractivity contribution is 7.15. The van der Waals surface area contributed by atoms with Crippen LogP contribution in [0.2, 0.25) is 0 Å². The van der Waals surface area contributed by atoms with Gasteiger partial charge >= 0.3 is 0 Å². The Hall–Kier alpha value is -2.58. The third kappa shape index (κ3) is 4.06. The summed E-state index contributed by atoms with van der Waals surface area (Å²) >= 11 is 1.44. The lowest BCUT2D eigenvalue weighted by Gasteiger charge is -2.34. The molecule has 1 fully saturated rings. The average molecular weight is 386 g/mol. The molecule has 0 aliphatic carbocycles. The summed E-state index contributed by atoms with van der Waals surface area (Å²) in [6, 6.07) is 7.73. The molecule has 0 radical (unpaired) electrons. The molecule has 1 aromatic carbocycles. The van der Waals surface area contributed by atoms with Gasteiger partial charge in [-0.2, -0.15) is 0 Å². The Bertz CT molecular complexity index is 1020. The largest absolute Gasteiger partial charge is 0.340 e. The Morgan fingerprint density at radius 3 is 2.78 bits per heavy atom. The molecule has 2 aromatic heterocycles. The van der Waals surface area contributed by atoms with Crippen LogP contribution < -0.4 is 5.56 Å². The van der Waals surface area contributed by atoms with Gasteiger partial charge in [-0.1, -0.05) is 12.1 Å². The molecule has 1 aliphatic rings. The summed E-state index contributed by atoms with van der Waals surface area (Å²) in [5, 5.41) is 1.84. The lowest BCUT2D eigenvalue weighted by atomic mass is 10.1. The molecule has 0 unspecified atom stereocenters. The van der Waals surface area contributed by atoms with Crippen LogP contribution in [0.1, 0.15) is 11.3 Å². The summed E-state index contributed by atoms with van der Waals surface area (Å²) in [6.07, 6.45) is 1.94. The van der Waals surface area contributed by atoms with Crippen LogP contribution in [-0.2, 0) is 17.8 Å². The molecular weight excluding hydrogens is 367 g/mol. The van der Waals surface area contributed by atoms with Gasteiger partial charge in [-0.3, -0.25) is 18.9 Å². The van der Waals surface area contributed by atoms with Crippen LogP contribution in [0.4, 0.5) is 4.39 Å². The maximum Gasteiger partial charge on any atom is 0.258 e. The fourth-order valence-electron chi connectivity index (χ4n) is 3.29.